The van der Waals surface area contributed by atoms with Crippen LogP contribution in [0.2, 0.25) is 15.1 Å². The van der Waals surface area contributed by atoms with Gasteiger partial charge in [-0.25, -0.2) is 13.2 Å². The maximum absolute atomic E-state index is 15.4. The van der Waals surface area contributed by atoms with Gasteiger partial charge in [0.15, 0.2) is 9.84 Å². The lowest BCUT2D eigenvalue weighted by molar-refractivity contribution is -0.134. The van der Waals surface area contributed by atoms with Crippen LogP contribution in [0.4, 0.5) is 4.79 Å². The van der Waals surface area contributed by atoms with Crippen molar-refractivity contribution in [3.8, 4) is 5.75 Å². The molecule has 3 aromatic rings. The number of urea groups is 1. The van der Waals surface area contributed by atoms with Crippen LogP contribution in [0.15, 0.2) is 70.6 Å². The molecule has 2 unspecified atom stereocenters. The molecule has 5 rings (SSSR count). The molecule has 0 aliphatic carbocycles. The molecule has 2 aliphatic heterocycles. The number of rotatable bonds is 16. The predicted octanol–water partition coefficient (Wildman–Crippen LogP) is 7.76. The van der Waals surface area contributed by atoms with Gasteiger partial charge >= 0.3 is 6.03 Å². The smallest absolute Gasteiger partial charge is 0.326 e. The molecular weight excluding hydrogens is 837 g/mol. The number of piperazine rings is 1. The lowest BCUT2D eigenvalue weighted by atomic mass is 9.71. The van der Waals surface area contributed by atoms with Crippen LogP contribution in [-0.2, 0) is 35.2 Å². The summed E-state index contributed by atoms with van der Waals surface area (Å²) in [7, 11) is -3.82. The molecule has 2 heterocycles. The zero-order chi connectivity index (χ0) is 43.3. The van der Waals surface area contributed by atoms with Crippen molar-refractivity contribution in [3.63, 3.8) is 0 Å². The average molecular weight is 893 g/mol. The fourth-order valence-corrected chi connectivity index (χ4v) is 9.10. The molecule has 1 fully saturated rings. The fraction of sp³-hybridized carbons (Fsp3) is 0.512. The van der Waals surface area contributed by atoms with E-state index >= 15 is 4.79 Å². The van der Waals surface area contributed by atoms with Crippen molar-refractivity contribution < 1.29 is 32.2 Å². The van der Waals surface area contributed by atoms with Gasteiger partial charge in [-0.2, -0.15) is 0 Å². The first-order chi connectivity index (χ1) is 27.8. The molecule has 0 spiro atoms. The van der Waals surface area contributed by atoms with E-state index in [9.17, 15) is 13.2 Å². The zero-order valence-electron chi connectivity index (χ0n) is 35.1. The monoisotopic (exact) mass is 891 g/mol. The molecule has 322 valence electrons. The Labute approximate surface area is 364 Å². The number of amidine groups is 1. The van der Waals surface area contributed by atoms with Gasteiger partial charge in [-0.3, -0.25) is 19.6 Å². The molecule has 3 amide bonds. The topological polar surface area (TPSA) is 121 Å². The van der Waals surface area contributed by atoms with Crippen molar-refractivity contribution in [1.29, 1.82) is 0 Å². The molecule has 0 aromatic heterocycles. The van der Waals surface area contributed by atoms with Gasteiger partial charge in [0.05, 0.1) is 54.1 Å². The van der Waals surface area contributed by atoms with Crippen molar-refractivity contribution in [2.75, 3.05) is 71.9 Å². The van der Waals surface area contributed by atoms with E-state index in [1.807, 2.05) is 70.7 Å². The number of ether oxygens (including phenoxy) is 3. The van der Waals surface area contributed by atoms with Crippen molar-refractivity contribution in [1.82, 2.24) is 19.6 Å². The standard InChI is InChI=1S/C43H56Cl3N5O7S/c1-9-56-37-27-36(46)38(59(8,54)55)26-35(37)40-47-42(6,31-10-14-33(44)15-11-31)43(7,32-12-16-34(45)17-13-32)51(40)41(53)50-20-18-48(19-21-50)28-39(52)49(22-24-57-29(2)3)23-25-58-30(4)5/h10-17,26-27,29-30H,9,18-25,28H2,1-8H3. The molecule has 0 radical (unpaired) electrons. The third-order valence-corrected chi connectivity index (χ3v) is 13.0. The molecule has 0 saturated carbocycles. The Morgan fingerprint density at radius 3 is 1.85 bits per heavy atom. The molecule has 59 heavy (non-hydrogen) atoms. The highest BCUT2D eigenvalue weighted by Gasteiger charge is 2.60. The quantitative estimate of drug-likeness (QED) is 0.143. The van der Waals surface area contributed by atoms with Crippen molar-refractivity contribution in [2.24, 2.45) is 4.99 Å². The van der Waals surface area contributed by atoms with E-state index in [0.29, 0.717) is 62.5 Å². The van der Waals surface area contributed by atoms with Crippen LogP contribution in [0, 0.1) is 0 Å². The molecule has 1 saturated heterocycles. The first kappa shape index (κ1) is 46.6. The Bertz CT molecular complexity index is 2080. The van der Waals surface area contributed by atoms with E-state index in [0.717, 1.165) is 17.4 Å². The number of nitrogens with zero attached hydrogens (tertiary/aromatic N) is 5. The molecule has 16 heteroatoms. The summed E-state index contributed by atoms with van der Waals surface area (Å²) >= 11 is 19.4. The summed E-state index contributed by atoms with van der Waals surface area (Å²) in [5.41, 5.74) is -0.617. The van der Waals surface area contributed by atoms with Gasteiger partial charge in [0, 0.05) is 61.6 Å². The second-order valence-corrected chi connectivity index (χ2v) is 18.9. The lowest BCUT2D eigenvalue weighted by Crippen LogP contribution is -2.61. The third-order valence-electron chi connectivity index (χ3n) is 10.9. The van der Waals surface area contributed by atoms with Gasteiger partial charge in [0.1, 0.15) is 22.7 Å². The Morgan fingerprint density at radius 1 is 0.831 bits per heavy atom. The maximum atomic E-state index is 15.4. The van der Waals surface area contributed by atoms with Crippen LogP contribution in [0.3, 0.4) is 0 Å². The molecule has 0 N–H and O–H groups in total. The fourth-order valence-electron chi connectivity index (χ4n) is 7.52. The summed E-state index contributed by atoms with van der Waals surface area (Å²) in [4.78, 5) is 41.6. The van der Waals surface area contributed by atoms with E-state index in [1.165, 1.54) is 12.1 Å². The maximum Gasteiger partial charge on any atom is 0.326 e. The van der Waals surface area contributed by atoms with Crippen LogP contribution in [0.1, 0.15) is 65.2 Å². The molecular formula is C43H56Cl3N5O7S. The van der Waals surface area contributed by atoms with Gasteiger partial charge in [-0.1, -0.05) is 59.1 Å². The van der Waals surface area contributed by atoms with Crippen LogP contribution < -0.4 is 4.74 Å². The van der Waals surface area contributed by atoms with Crippen molar-refractivity contribution >= 4 is 62.4 Å². The summed E-state index contributed by atoms with van der Waals surface area (Å²) in [6.45, 7) is 17.2. The van der Waals surface area contributed by atoms with Crippen molar-refractivity contribution in [2.45, 2.75) is 76.6 Å². The number of halogens is 3. The van der Waals surface area contributed by atoms with Gasteiger partial charge in [0.2, 0.25) is 5.91 Å². The summed E-state index contributed by atoms with van der Waals surface area (Å²) in [6.07, 6.45) is 1.17. The van der Waals surface area contributed by atoms with E-state index in [1.54, 1.807) is 45.9 Å². The van der Waals surface area contributed by atoms with Gasteiger partial charge in [-0.05, 0) is 89.9 Å². The SMILES string of the molecule is CCOc1cc(Cl)c(S(C)(=O)=O)cc1C1=NC(C)(c2ccc(Cl)cc2)C(C)(c2ccc(Cl)cc2)N1C(=O)N1CCN(CC(=O)N(CCOC(C)C)CCOC(C)C)CC1. The summed E-state index contributed by atoms with van der Waals surface area (Å²) in [5.74, 6) is 0.432. The molecule has 2 atom stereocenters. The van der Waals surface area contributed by atoms with E-state index in [4.69, 9.17) is 54.0 Å². The van der Waals surface area contributed by atoms with Gasteiger partial charge < -0.3 is 24.0 Å². The third kappa shape index (κ3) is 10.5. The number of sulfone groups is 1. The minimum Gasteiger partial charge on any atom is -0.493 e. The zero-order valence-corrected chi connectivity index (χ0v) is 38.2. The average Bonchev–Trinajstić information content (AvgIpc) is 3.41. The largest absolute Gasteiger partial charge is 0.493 e. The summed E-state index contributed by atoms with van der Waals surface area (Å²) < 4.78 is 43.8. The van der Waals surface area contributed by atoms with Gasteiger partial charge in [0.25, 0.3) is 0 Å². The first-order valence-corrected chi connectivity index (χ1v) is 22.9. The number of amides is 3. The number of hydrogen-bond acceptors (Lipinski definition) is 9. The second-order valence-electron chi connectivity index (χ2n) is 15.7. The Morgan fingerprint density at radius 2 is 1.36 bits per heavy atom. The van der Waals surface area contributed by atoms with Crippen LogP contribution in [0.5, 0.6) is 5.75 Å². The van der Waals surface area contributed by atoms with Crippen LogP contribution in [-0.4, -0.2) is 130 Å². The molecule has 2 aliphatic rings. The summed E-state index contributed by atoms with van der Waals surface area (Å²) in [6, 6.07) is 17.1. The van der Waals surface area contributed by atoms with Crippen LogP contribution >= 0.6 is 34.8 Å². The van der Waals surface area contributed by atoms with E-state index < -0.39 is 20.9 Å². The second kappa shape index (κ2) is 19.5. The van der Waals surface area contributed by atoms with E-state index in [2.05, 4.69) is 0 Å². The Kier molecular flexibility index (Phi) is 15.4. The van der Waals surface area contributed by atoms with Gasteiger partial charge in [-0.15, -0.1) is 0 Å². The number of carbonyl (C=O) groups excluding carboxylic acids is 2. The highest BCUT2D eigenvalue weighted by Crippen LogP contribution is 2.54. The molecule has 3 aromatic carbocycles. The molecule has 0 bridgehead atoms. The minimum atomic E-state index is -3.82. The van der Waals surface area contributed by atoms with Crippen LogP contribution in [0.25, 0.3) is 0 Å². The summed E-state index contributed by atoms with van der Waals surface area (Å²) in [5, 5.41) is 1.03. The number of aliphatic imine (C=N–C) groups is 1. The first-order valence-electron chi connectivity index (χ1n) is 19.9. The number of carbonyl (C=O) groups is 2. The lowest BCUT2D eigenvalue weighted by Gasteiger charge is -2.47. The molecule has 12 nitrogen and oxygen atoms in total. The number of hydrogen-bond donors (Lipinski definition) is 0. The minimum absolute atomic E-state index is 0.0128. The highest BCUT2D eigenvalue weighted by molar-refractivity contribution is 7.90. The normalized spacial score (nSPS) is 20.1. The Balaban J connectivity index is 1.55. The van der Waals surface area contributed by atoms with Crippen molar-refractivity contribution in [3.05, 3.63) is 92.4 Å². The van der Waals surface area contributed by atoms with E-state index in [-0.39, 0.29) is 64.4 Å². The number of benzene rings is 3. The highest BCUT2D eigenvalue weighted by atomic mass is 35.5. The Hall–Kier alpha value is -3.43. The predicted molar refractivity (Wildman–Crippen MR) is 234 cm³/mol.